The van der Waals surface area contributed by atoms with Crippen molar-refractivity contribution in [2.75, 3.05) is 19.7 Å². The van der Waals surface area contributed by atoms with Crippen molar-refractivity contribution in [3.05, 3.63) is 18.0 Å². The molecule has 114 valence electrons. The quantitative estimate of drug-likeness (QED) is 0.826. The highest BCUT2D eigenvalue weighted by molar-refractivity contribution is 5.91. The van der Waals surface area contributed by atoms with Gasteiger partial charge in [-0.05, 0) is 26.7 Å². The summed E-state index contributed by atoms with van der Waals surface area (Å²) in [7, 11) is 0. The van der Waals surface area contributed by atoms with Gasteiger partial charge in [-0.25, -0.2) is 4.79 Å². The highest BCUT2D eigenvalue weighted by Crippen LogP contribution is 2.30. The Bertz CT molecular complexity index is 532. The lowest BCUT2D eigenvalue weighted by molar-refractivity contribution is 0.0555. The van der Waals surface area contributed by atoms with Crippen LogP contribution in [-0.2, 0) is 4.74 Å². The highest BCUT2D eigenvalue weighted by atomic mass is 16.6. The van der Waals surface area contributed by atoms with Crippen molar-refractivity contribution in [1.82, 2.24) is 15.0 Å². The van der Waals surface area contributed by atoms with Crippen molar-refractivity contribution in [2.24, 2.45) is 0 Å². The molecule has 21 heavy (non-hydrogen) atoms. The van der Waals surface area contributed by atoms with E-state index in [-0.39, 0.29) is 29.3 Å². The predicted molar refractivity (Wildman–Crippen MR) is 72.7 cm³/mol. The summed E-state index contributed by atoms with van der Waals surface area (Å²) < 4.78 is 10.0. The van der Waals surface area contributed by atoms with Crippen molar-refractivity contribution in [1.29, 1.82) is 0 Å². The predicted octanol–water partition coefficient (Wildman–Crippen LogP) is 1.51. The Morgan fingerprint density at radius 3 is 2.62 bits per heavy atom. The van der Waals surface area contributed by atoms with Gasteiger partial charge in [-0.3, -0.25) is 9.69 Å². The molecule has 0 atom stereocenters. The van der Waals surface area contributed by atoms with Gasteiger partial charge in [0.15, 0.2) is 0 Å². The Balaban J connectivity index is 1.63. The fourth-order valence-electron chi connectivity index (χ4n) is 3.08. The van der Waals surface area contributed by atoms with Crippen LogP contribution in [0.1, 0.15) is 37.2 Å². The molecular formula is C14H19N3O4. The largest absolute Gasteiger partial charge is 0.447 e. The molecule has 7 nitrogen and oxygen atoms in total. The van der Waals surface area contributed by atoms with E-state index in [1.165, 1.54) is 6.20 Å². The van der Waals surface area contributed by atoms with Crippen LogP contribution in [0.15, 0.2) is 16.8 Å². The highest BCUT2D eigenvalue weighted by Gasteiger charge is 2.45. The molecule has 0 spiro atoms. The number of likely N-dealkylation sites (tertiary alicyclic amines) is 1. The van der Waals surface area contributed by atoms with E-state index in [9.17, 15) is 9.59 Å². The van der Waals surface area contributed by atoms with Crippen molar-refractivity contribution >= 4 is 12.0 Å². The third kappa shape index (κ3) is 2.48. The van der Waals surface area contributed by atoms with E-state index >= 15 is 0 Å². The second-order valence-corrected chi connectivity index (χ2v) is 6.14. The van der Waals surface area contributed by atoms with Crippen LogP contribution in [0, 0.1) is 0 Å². The van der Waals surface area contributed by atoms with Gasteiger partial charge in [0, 0.05) is 25.2 Å². The summed E-state index contributed by atoms with van der Waals surface area (Å²) in [6.45, 7) is 5.63. The molecule has 0 aromatic carbocycles. The van der Waals surface area contributed by atoms with Crippen molar-refractivity contribution < 1.29 is 18.8 Å². The van der Waals surface area contributed by atoms with Crippen molar-refractivity contribution in [3.8, 4) is 0 Å². The first-order valence-corrected chi connectivity index (χ1v) is 7.15. The number of cyclic esters (lactones) is 1. The molecule has 3 heterocycles. The maximum atomic E-state index is 12.2. The molecule has 2 aliphatic heterocycles. The van der Waals surface area contributed by atoms with E-state index in [0.29, 0.717) is 19.7 Å². The number of carbonyl (C=O) groups is 2. The molecular weight excluding hydrogens is 274 g/mol. The first-order valence-electron chi connectivity index (χ1n) is 7.15. The van der Waals surface area contributed by atoms with E-state index in [1.54, 1.807) is 11.0 Å². The van der Waals surface area contributed by atoms with E-state index in [0.717, 1.165) is 12.8 Å². The topological polar surface area (TPSA) is 75.9 Å². The third-order valence-corrected chi connectivity index (χ3v) is 4.16. The monoisotopic (exact) mass is 293 g/mol. The van der Waals surface area contributed by atoms with E-state index < -0.39 is 0 Å². The standard InChI is InChI=1S/C14H19N3O4/c1-14(2)9-20-13(19)17(14)10-4-7-16(8-5-10)12(18)11-3-6-15-21-11/h3,6,10H,4-5,7-9H2,1-2H3. The Hall–Kier alpha value is -2.05. The molecule has 2 amide bonds. The maximum Gasteiger partial charge on any atom is 0.410 e. The van der Waals surface area contributed by atoms with E-state index in [2.05, 4.69) is 5.16 Å². The number of nitrogens with zero attached hydrogens (tertiary/aromatic N) is 3. The lowest BCUT2D eigenvalue weighted by atomic mass is 9.97. The SMILES string of the molecule is CC1(C)COC(=O)N1C1CCN(C(=O)c2ccno2)CC1. The minimum Gasteiger partial charge on any atom is -0.447 e. The van der Waals surface area contributed by atoms with Crippen LogP contribution in [0.25, 0.3) is 0 Å². The molecule has 0 radical (unpaired) electrons. The minimum atomic E-state index is -0.279. The Morgan fingerprint density at radius 2 is 2.10 bits per heavy atom. The first-order chi connectivity index (χ1) is 9.99. The van der Waals surface area contributed by atoms with Crippen LogP contribution in [0.2, 0.25) is 0 Å². The van der Waals surface area contributed by atoms with Crippen molar-refractivity contribution in [2.45, 2.75) is 38.3 Å². The Kier molecular flexibility index (Phi) is 3.35. The van der Waals surface area contributed by atoms with Gasteiger partial charge in [0.1, 0.15) is 6.61 Å². The first kappa shape index (κ1) is 13.9. The van der Waals surface area contributed by atoms with Gasteiger partial charge in [-0.1, -0.05) is 5.16 Å². The number of piperidine rings is 1. The molecule has 0 aliphatic carbocycles. The molecule has 0 bridgehead atoms. The van der Waals surface area contributed by atoms with Gasteiger partial charge >= 0.3 is 6.09 Å². The second-order valence-electron chi connectivity index (χ2n) is 6.14. The van der Waals surface area contributed by atoms with Gasteiger partial charge in [-0.15, -0.1) is 0 Å². The number of ether oxygens (including phenoxy) is 1. The second kappa shape index (κ2) is 5.05. The summed E-state index contributed by atoms with van der Waals surface area (Å²) in [4.78, 5) is 27.6. The van der Waals surface area contributed by atoms with Gasteiger partial charge < -0.3 is 14.2 Å². The zero-order valence-electron chi connectivity index (χ0n) is 12.2. The summed E-state index contributed by atoms with van der Waals surface area (Å²) in [6, 6.07) is 1.68. The summed E-state index contributed by atoms with van der Waals surface area (Å²) in [5, 5.41) is 3.55. The van der Waals surface area contributed by atoms with Crippen LogP contribution in [0.5, 0.6) is 0 Å². The van der Waals surface area contributed by atoms with Crippen molar-refractivity contribution in [3.63, 3.8) is 0 Å². The maximum absolute atomic E-state index is 12.2. The number of rotatable bonds is 2. The molecule has 1 aromatic heterocycles. The van der Waals surface area contributed by atoms with Crippen LogP contribution < -0.4 is 0 Å². The average molecular weight is 293 g/mol. The Morgan fingerprint density at radius 1 is 1.38 bits per heavy atom. The number of aromatic nitrogens is 1. The van der Waals surface area contributed by atoms with Gasteiger partial charge in [-0.2, -0.15) is 0 Å². The van der Waals surface area contributed by atoms with Crippen LogP contribution in [-0.4, -0.2) is 58.2 Å². The zero-order valence-corrected chi connectivity index (χ0v) is 12.2. The smallest absolute Gasteiger partial charge is 0.410 e. The molecule has 7 heteroatoms. The normalized spacial score (nSPS) is 22.5. The Labute approximate surface area is 122 Å². The third-order valence-electron chi connectivity index (χ3n) is 4.16. The van der Waals surface area contributed by atoms with E-state index in [1.807, 2.05) is 18.7 Å². The van der Waals surface area contributed by atoms with Crippen LogP contribution >= 0.6 is 0 Å². The molecule has 2 fully saturated rings. The van der Waals surface area contributed by atoms with Gasteiger partial charge in [0.05, 0.1) is 11.7 Å². The van der Waals surface area contributed by atoms with Crippen LogP contribution in [0.4, 0.5) is 4.79 Å². The van der Waals surface area contributed by atoms with Crippen LogP contribution in [0.3, 0.4) is 0 Å². The summed E-state index contributed by atoms with van der Waals surface area (Å²) in [5.41, 5.74) is -0.279. The molecule has 0 N–H and O–H groups in total. The van der Waals surface area contributed by atoms with Gasteiger partial charge in [0.25, 0.3) is 5.91 Å². The molecule has 1 aromatic rings. The molecule has 2 aliphatic rings. The summed E-state index contributed by atoms with van der Waals surface area (Å²) in [5.74, 6) is 0.114. The number of hydrogen-bond acceptors (Lipinski definition) is 5. The lowest BCUT2D eigenvalue weighted by Crippen LogP contribution is -2.53. The fraction of sp³-hybridized carbons (Fsp3) is 0.643. The summed E-state index contributed by atoms with van der Waals surface area (Å²) >= 11 is 0. The van der Waals surface area contributed by atoms with Gasteiger partial charge in [0.2, 0.25) is 5.76 Å². The average Bonchev–Trinajstić information content (AvgIpc) is 3.07. The number of carbonyl (C=O) groups excluding carboxylic acids is 2. The number of hydrogen-bond donors (Lipinski definition) is 0. The number of amides is 2. The molecule has 2 saturated heterocycles. The molecule has 0 saturated carbocycles. The minimum absolute atomic E-state index is 0.119. The molecule has 0 unspecified atom stereocenters. The van der Waals surface area contributed by atoms with E-state index in [4.69, 9.17) is 9.26 Å². The summed E-state index contributed by atoms with van der Waals surface area (Å²) in [6.07, 6.45) is 2.71. The molecule has 3 rings (SSSR count). The lowest BCUT2D eigenvalue weighted by Gasteiger charge is -2.40. The zero-order chi connectivity index (χ0) is 15.0. The fourth-order valence-corrected chi connectivity index (χ4v) is 3.08.